The largest absolute Gasteiger partial charge is 0.494 e. The maximum absolute atomic E-state index is 5.98. The van der Waals surface area contributed by atoms with E-state index >= 15 is 0 Å². The van der Waals surface area contributed by atoms with E-state index in [0.717, 1.165) is 42.3 Å². The SMILES string of the molecule is CCCCOc1ccc(N(c2ccccc2)c2ccc3c(c2)C(C)(C)c2cc(-c4cccc5c4[nH]c4ccccc45)ccc2-3)cc1. The molecule has 8 rings (SSSR count). The van der Waals surface area contributed by atoms with Gasteiger partial charge in [0.25, 0.3) is 0 Å². The fourth-order valence-corrected chi connectivity index (χ4v) is 7.20. The number of H-pyrrole nitrogens is 1. The lowest BCUT2D eigenvalue weighted by Gasteiger charge is -2.28. The molecule has 1 aliphatic rings. The number of anilines is 3. The molecule has 0 saturated carbocycles. The van der Waals surface area contributed by atoms with E-state index in [2.05, 4.69) is 164 Å². The van der Waals surface area contributed by atoms with Crippen LogP contribution in [0.15, 0.2) is 133 Å². The number of unbranched alkanes of at least 4 members (excludes halogenated alkanes) is 1. The Morgan fingerprint density at radius 2 is 1.28 bits per heavy atom. The Kier molecular flexibility index (Phi) is 6.91. The minimum atomic E-state index is -0.162. The lowest BCUT2D eigenvalue weighted by atomic mass is 9.81. The molecule has 6 aromatic carbocycles. The van der Waals surface area contributed by atoms with E-state index < -0.39 is 0 Å². The van der Waals surface area contributed by atoms with Crippen molar-refractivity contribution in [1.29, 1.82) is 0 Å². The average Bonchev–Trinajstić information content (AvgIpc) is 3.58. The highest BCUT2D eigenvalue weighted by molar-refractivity contribution is 6.12. The molecular formula is C43H38N2O. The maximum Gasteiger partial charge on any atom is 0.119 e. The highest BCUT2D eigenvalue weighted by atomic mass is 16.5. The van der Waals surface area contributed by atoms with Crippen molar-refractivity contribution < 1.29 is 4.74 Å². The molecule has 7 aromatic rings. The summed E-state index contributed by atoms with van der Waals surface area (Å²) >= 11 is 0. The summed E-state index contributed by atoms with van der Waals surface area (Å²) in [6.45, 7) is 7.66. The molecule has 0 spiro atoms. The average molecular weight is 599 g/mol. The van der Waals surface area contributed by atoms with Gasteiger partial charge in [0.15, 0.2) is 0 Å². The van der Waals surface area contributed by atoms with Crippen molar-refractivity contribution in [1.82, 2.24) is 4.98 Å². The van der Waals surface area contributed by atoms with Crippen LogP contribution in [0.4, 0.5) is 17.1 Å². The third kappa shape index (κ3) is 4.66. The minimum absolute atomic E-state index is 0.162. The summed E-state index contributed by atoms with van der Waals surface area (Å²) < 4.78 is 5.98. The Morgan fingerprint density at radius 3 is 2.09 bits per heavy atom. The van der Waals surface area contributed by atoms with E-state index in [-0.39, 0.29) is 5.41 Å². The van der Waals surface area contributed by atoms with Gasteiger partial charge in [0.1, 0.15) is 5.75 Å². The number of benzene rings is 6. The van der Waals surface area contributed by atoms with Crippen molar-refractivity contribution in [3.8, 4) is 28.0 Å². The molecule has 3 heteroatoms. The Labute approximate surface area is 271 Å². The fourth-order valence-electron chi connectivity index (χ4n) is 7.20. The zero-order valence-corrected chi connectivity index (χ0v) is 26.7. The molecule has 46 heavy (non-hydrogen) atoms. The van der Waals surface area contributed by atoms with Gasteiger partial charge < -0.3 is 14.6 Å². The number of para-hydroxylation sites is 3. The number of rotatable bonds is 8. The van der Waals surface area contributed by atoms with Crippen molar-refractivity contribution in [2.45, 2.75) is 39.0 Å². The zero-order valence-electron chi connectivity index (χ0n) is 26.7. The number of fused-ring (bicyclic) bond motifs is 6. The summed E-state index contributed by atoms with van der Waals surface area (Å²) in [5.41, 5.74) is 13.4. The molecule has 0 radical (unpaired) electrons. The van der Waals surface area contributed by atoms with Crippen molar-refractivity contribution in [3.63, 3.8) is 0 Å². The summed E-state index contributed by atoms with van der Waals surface area (Å²) in [4.78, 5) is 6.05. The van der Waals surface area contributed by atoms with Crippen LogP contribution >= 0.6 is 0 Å². The second-order valence-corrected chi connectivity index (χ2v) is 12.9. The van der Waals surface area contributed by atoms with E-state index in [1.807, 2.05) is 0 Å². The summed E-state index contributed by atoms with van der Waals surface area (Å²) in [6.07, 6.45) is 2.19. The van der Waals surface area contributed by atoms with Gasteiger partial charge in [-0.3, -0.25) is 0 Å². The molecule has 3 nitrogen and oxygen atoms in total. The van der Waals surface area contributed by atoms with Gasteiger partial charge in [-0.05, 0) is 94.9 Å². The number of ether oxygens (including phenoxy) is 1. The molecule has 1 heterocycles. The van der Waals surface area contributed by atoms with E-state index in [4.69, 9.17) is 4.74 Å². The molecule has 0 fully saturated rings. The Bertz CT molecular complexity index is 2190. The standard InChI is InChI=1S/C43H38N2O/c1-4-5-26-46-33-22-19-31(20-23-33)45(30-12-7-6-8-13-30)32-21-25-36-35-24-18-29(27-39(35)43(2,3)40(36)28-32)34-15-11-16-38-37-14-9-10-17-41(37)44-42(34)38/h6-25,27-28,44H,4-5,26H2,1-3H3. The summed E-state index contributed by atoms with van der Waals surface area (Å²) in [5, 5.41) is 2.53. The number of aromatic nitrogens is 1. The first-order valence-electron chi connectivity index (χ1n) is 16.4. The van der Waals surface area contributed by atoms with Crippen LogP contribution in [0.2, 0.25) is 0 Å². The topological polar surface area (TPSA) is 28.3 Å². The Morgan fingerprint density at radius 1 is 0.609 bits per heavy atom. The first-order chi connectivity index (χ1) is 22.5. The molecule has 1 aliphatic carbocycles. The number of hydrogen-bond acceptors (Lipinski definition) is 2. The van der Waals surface area contributed by atoms with Gasteiger partial charge in [-0.25, -0.2) is 0 Å². The second kappa shape index (κ2) is 11.3. The van der Waals surface area contributed by atoms with Gasteiger partial charge in [0.05, 0.1) is 12.1 Å². The van der Waals surface area contributed by atoms with Gasteiger partial charge in [-0.1, -0.05) is 100.0 Å². The van der Waals surface area contributed by atoms with Crippen LogP contribution in [0, 0.1) is 0 Å². The van der Waals surface area contributed by atoms with Crippen molar-refractivity contribution in [2.24, 2.45) is 0 Å². The van der Waals surface area contributed by atoms with Gasteiger partial charge in [0.2, 0.25) is 0 Å². The fraction of sp³-hybridized carbons (Fsp3) is 0.163. The van der Waals surface area contributed by atoms with Crippen molar-refractivity contribution >= 4 is 38.9 Å². The Hall–Kier alpha value is -5.28. The van der Waals surface area contributed by atoms with Crippen LogP contribution in [0.25, 0.3) is 44.1 Å². The van der Waals surface area contributed by atoms with E-state index in [0.29, 0.717) is 0 Å². The quantitative estimate of drug-likeness (QED) is 0.176. The van der Waals surface area contributed by atoms with E-state index in [9.17, 15) is 0 Å². The molecule has 226 valence electrons. The number of hydrogen-bond donors (Lipinski definition) is 1. The third-order valence-electron chi connectivity index (χ3n) is 9.65. The first-order valence-corrected chi connectivity index (χ1v) is 16.4. The molecule has 1 N–H and O–H groups in total. The van der Waals surface area contributed by atoms with Gasteiger partial charge in [-0.15, -0.1) is 0 Å². The molecular weight excluding hydrogens is 560 g/mol. The van der Waals surface area contributed by atoms with Gasteiger partial charge in [-0.2, -0.15) is 0 Å². The molecule has 0 amide bonds. The van der Waals surface area contributed by atoms with Crippen LogP contribution in [0.1, 0.15) is 44.7 Å². The van der Waals surface area contributed by atoms with Gasteiger partial charge >= 0.3 is 0 Å². The summed E-state index contributed by atoms with van der Waals surface area (Å²) in [6, 6.07) is 48.4. The van der Waals surface area contributed by atoms with E-state index in [1.165, 1.54) is 55.2 Å². The highest BCUT2D eigenvalue weighted by Gasteiger charge is 2.36. The van der Waals surface area contributed by atoms with Gasteiger partial charge in [0, 0.05) is 44.3 Å². The number of nitrogens with zero attached hydrogens (tertiary/aromatic N) is 1. The number of aromatic amines is 1. The first kappa shape index (κ1) is 28.2. The summed E-state index contributed by atoms with van der Waals surface area (Å²) in [7, 11) is 0. The predicted octanol–water partition coefficient (Wildman–Crippen LogP) is 11.9. The van der Waals surface area contributed by atoms with Crippen molar-refractivity contribution in [3.05, 3.63) is 145 Å². The lowest BCUT2D eigenvalue weighted by Crippen LogP contribution is -2.16. The van der Waals surface area contributed by atoms with Crippen LogP contribution in [-0.2, 0) is 5.41 Å². The highest BCUT2D eigenvalue weighted by Crippen LogP contribution is 2.52. The lowest BCUT2D eigenvalue weighted by molar-refractivity contribution is 0.309. The minimum Gasteiger partial charge on any atom is -0.494 e. The number of nitrogens with one attached hydrogen (secondary N) is 1. The third-order valence-corrected chi connectivity index (χ3v) is 9.65. The molecule has 1 aromatic heterocycles. The van der Waals surface area contributed by atoms with E-state index in [1.54, 1.807) is 0 Å². The molecule has 0 unspecified atom stereocenters. The smallest absolute Gasteiger partial charge is 0.119 e. The summed E-state index contributed by atoms with van der Waals surface area (Å²) in [5.74, 6) is 0.912. The molecule has 0 saturated heterocycles. The second-order valence-electron chi connectivity index (χ2n) is 12.9. The normalized spacial score (nSPS) is 13.1. The van der Waals surface area contributed by atoms with Crippen LogP contribution in [0.5, 0.6) is 5.75 Å². The van der Waals surface area contributed by atoms with Crippen molar-refractivity contribution in [2.75, 3.05) is 11.5 Å². The molecule has 0 bridgehead atoms. The monoisotopic (exact) mass is 598 g/mol. The molecule has 0 aliphatic heterocycles. The Balaban J connectivity index is 1.19. The zero-order chi connectivity index (χ0) is 31.3. The predicted molar refractivity (Wildman–Crippen MR) is 194 cm³/mol. The van der Waals surface area contributed by atoms with Crippen LogP contribution in [0.3, 0.4) is 0 Å². The van der Waals surface area contributed by atoms with Crippen LogP contribution in [-0.4, -0.2) is 11.6 Å². The maximum atomic E-state index is 5.98. The van der Waals surface area contributed by atoms with Crippen LogP contribution < -0.4 is 9.64 Å². The molecule has 0 atom stereocenters.